The van der Waals surface area contributed by atoms with Crippen LogP contribution >= 0.6 is 15.9 Å². The fraction of sp³-hybridized carbons (Fsp3) is 0.167. The third-order valence-electron chi connectivity index (χ3n) is 2.76. The summed E-state index contributed by atoms with van der Waals surface area (Å²) in [5.74, 6) is 0. The Bertz CT molecular complexity index is 627. The first-order valence-electron chi connectivity index (χ1n) is 5.15. The minimum Gasteiger partial charge on any atom is -0.370 e. The molecule has 0 amide bonds. The summed E-state index contributed by atoms with van der Waals surface area (Å²) in [5.41, 5.74) is 3.25. The van der Waals surface area contributed by atoms with Crippen LogP contribution in [-0.4, -0.2) is 9.78 Å². The summed E-state index contributed by atoms with van der Waals surface area (Å²) in [6.07, 6.45) is 0. The molecule has 0 radical (unpaired) electrons. The van der Waals surface area contributed by atoms with Crippen molar-refractivity contribution in [3.05, 3.63) is 45.7 Å². The molecule has 0 atom stereocenters. The van der Waals surface area contributed by atoms with Crippen LogP contribution in [0.3, 0.4) is 0 Å². The van der Waals surface area contributed by atoms with Gasteiger partial charge >= 0.3 is 0 Å². The number of nitrogens with zero attached hydrogens (tertiary/aromatic N) is 3. The van der Waals surface area contributed by atoms with Crippen molar-refractivity contribution in [2.45, 2.75) is 13.2 Å². The highest BCUT2D eigenvalue weighted by Crippen LogP contribution is 2.28. The Morgan fingerprint density at radius 2 is 2.18 bits per heavy atom. The first-order chi connectivity index (χ1) is 8.31. The molecule has 0 bridgehead atoms. The van der Waals surface area contributed by atoms with E-state index in [1.165, 1.54) is 0 Å². The van der Waals surface area contributed by atoms with Crippen LogP contribution in [0.2, 0.25) is 0 Å². The number of aromatic nitrogens is 2. The number of hydrogen-bond donors (Lipinski definition) is 0. The Hall–Kier alpha value is -1.64. The predicted octanol–water partition coefficient (Wildman–Crippen LogP) is 2.54. The molecule has 5 heteroatoms. The van der Waals surface area contributed by atoms with Gasteiger partial charge in [0.25, 0.3) is 0 Å². The molecular formula is C12H8BrN3O. The van der Waals surface area contributed by atoms with Gasteiger partial charge in [-0.2, -0.15) is 10.4 Å². The molecule has 0 spiro atoms. The zero-order valence-electron chi connectivity index (χ0n) is 8.85. The average molecular weight is 290 g/mol. The standard InChI is InChI=1S/C12H8BrN3O/c13-9-3-1-2-4-11(9)16-12-7-17-6-8(12)10(5-14)15-16/h1-4H,6-7H2. The molecule has 17 heavy (non-hydrogen) atoms. The SMILES string of the molecule is N#Cc1nn(-c2ccccc2Br)c2c1COC2. The number of nitriles is 1. The van der Waals surface area contributed by atoms with Gasteiger partial charge in [-0.3, -0.25) is 0 Å². The van der Waals surface area contributed by atoms with Gasteiger partial charge in [-0.15, -0.1) is 0 Å². The maximum atomic E-state index is 9.04. The summed E-state index contributed by atoms with van der Waals surface area (Å²) >= 11 is 3.49. The number of halogens is 1. The van der Waals surface area contributed by atoms with Crippen molar-refractivity contribution in [1.29, 1.82) is 5.26 Å². The molecule has 0 unspecified atom stereocenters. The number of benzene rings is 1. The Labute approximate surface area is 107 Å². The molecular weight excluding hydrogens is 282 g/mol. The minimum atomic E-state index is 0.452. The smallest absolute Gasteiger partial charge is 0.168 e. The van der Waals surface area contributed by atoms with Crippen LogP contribution in [0, 0.1) is 11.3 Å². The van der Waals surface area contributed by atoms with Crippen LogP contribution in [0.1, 0.15) is 17.0 Å². The summed E-state index contributed by atoms with van der Waals surface area (Å²) in [7, 11) is 0. The zero-order chi connectivity index (χ0) is 11.8. The zero-order valence-corrected chi connectivity index (χ0v) is 10.4. The molecule has 0 saturated carbocycles. The average Bonchev–Trinajstić information content (AvgIpc) is 2.91. The molecule has 2 aromatic rings. The van der Waals surface area contributed by atoms with E-state index < -0.39 is 0 Å². The number of para-hydroxylation sites is 1. The van der Waals surface area contributed by atoms with Gasteiger partial charge in [-0.1, -0.05) is 12.1 Å². The maximum Gasteiger partial charge on any atom is 0.168 e. The van der Waals surface area contributed by atoms with Gasteiger partial charge in [0.15, 0.2) is 5.69 Å². The van der Waals surface area contributed by atoms with E-state index in [4.69, 9.17) is 10.00 Å². The lowest BCUT2D eigenvalue weighted by Gasteiger charge is -2.06. The fourth-order valence-corrected chi connectivity index (χ4v) is 2.40. The van der Waals surface area contributed by atoms with Gasteiger partial charge in [0.1, 0.15) is 6.07 Å². The Morgan fingerprint density at radius 3 is 2.94 bits per heavy atom. The Kier molecular flexibility index (Phi) is 2.46. The van der Waals surface area contributed by atoms with Crippen LogP contribution in [-0.2, 0) is 18.0 Å². The Morgan fingerprint density at radius 1 is 1.35 bits per heavy atom. The Balaban J connectivity index is 2.24. The molecule has 0 saturated heterocycles. The van der Waals surface area contributed by atoms with Gasteiger partial charge in [-0.05, 0) is 28.1 Å². The number of rotatable bonds is 1. The van der Waals surface area contributed by atoms with E-state index in [0.29, 0.717) is 18.9 Å². The molecule has 1 aliphatic rings. The molecule has 1 aromatic heterocycles. The highest BCUT2D eigenvalue weighted by molar-refractivity contribution is 9.10. The van der Waals surface area contributed by atoms with Gasteiger partial charge in [0.2, 0.25) is 0 Å². The quantitative estimate of drug-likeness (QED) is 0.811. The van der Waals surface area contributed by atoms with Crippen molar-refractivity contribution in [1.82, 2.24) is 9.78 Å². The largest absolute Gasteiger partial charge is 0.370 e. The second-order valence-electron chi connectivity index (χ2n) is 3.74. The highest BCUT2D eigenvalue weighted by Gasteiger charge is 2.24. The van der Waals surface area contributed by atoms with Crippen molar-refractivity contribution in [3.63, 3.8) is 0 Å². The lowest BCUT2D eigenvalue weighted by atomic mass is 10.2. The van der Waals surface area contributed by atoms with Crippen LogP contribution < -0.4 is 0 Å². The van der Waals surface area contributed by atoms with E-state index in [-0.39, 0.29) is 0 Å². The highest BCUT2D eigenvalue weighted by atomic mass is 79.9. The van der Waals surface area contributed by atoms with E-state index in [1.54, 1.807) is 4.68 Å². The van der Waals surface area contributed by atoms with Gasteiger partial charge in [0, 0.05) is 10.0 Å². The van der Waals surface area contributed by atoms with Crippen LogP contribution in [0.4, 0.5) is 0 Å². The molecule has 0 fully saturated rings. The second-order valence-corrected chi connectivity index (χ2v) is 4.60. The summed E-state index contributed by atoms with van der Waals surface area (Å²) in [5, 5.41) is 13.4. The molecule has 2 heterocycles. The lowest BCUT2D eigenvalue weighted by molar-refractivity contribution is 0.130. The molecule has 1 aromatic carbocycles. The molecule has 1 aliphatic heterocycles. The van der Waals surface area contributed by atoms with Crippen LogP contribution in [0.5, 0.6) is 0 Å². The molecule has 84 valence electrons. The molecule has 3 rings (SSSR count). The second kappa shape index (κ2) is 3.99. The monoisotopic (exact) mass is 289 g/mol. The summed E-state index contributed by atoms with van der Waals surface area (Å²) in [6, 6.07) is 9.90. The van der Waals surface area contributed by atoms with Crippen molar-refractivity contribution in [2.24, 2.45) is 0 Å². The van der Waals surface area contributed by atoms with Crippen molar-refractivity contribution >= 4 is 15.9 Å². The summed E-state index contributed by atoms with van der Waals surface area (Å²) in [4.78, 5) is 0. The van der Waals surface area contributed by atoms with E-state index in [2.05, 4.69) is 27.1 Å². The lowest BCUT2D eigenvalue weighted by Crippen LogP contribution is -2.02. The van der Waals surface area contributed by atoms with Crippen molar-refractivity contribution < 1.29 is 4.74 Å². The normalized spacial score (nSPS) is 13.4. The molecule has 0 N–H and O–H groups in total. The predicted molar refractivity (Wildman–Crippen MR) is 64.5 cm³/mol. The van der Waals surface area contributed by atoms with Crippen LogP contribution in [0.15, 0.2) is 28.7 Å². The summed E-state index contributed by atoms with van der Waals surface area (Å²) < 4.78 is 8.10. The molecule has 0 aliphatic carbocycles. The van der Waals surface area contributed by atoms with E-state index >= 15 is 0 Å². The third kappa shape index (κ3) is 1.57. The van der Waals surface area contributed by atoms with Gasteiger partial charge in [-0.25, -0.2) is 4.68 Å². The fourth-order valence-electron chi connectivity index (χ4n) is 1.95. The summed E-state index contributed by atoms with van der Waals surface area (Å²) in [6.45, 7) is 0.980. The topological polar surface area (TPSA) is 50.8 Å². The first kappa shape index (κ1) is 10.5. The van der Waals surface area contributed by atoms with E-state index in [1.807, 2.05) is 24.3 Å². The number of ether oxygens (including phenoxy) is 1. The first-order valence-corrected chi connectivity index (χ1v) is 5.94. The number of fused-ring (bicyclic) bond motifs is 1. The van der Waals surface area contributed by atoms with E-state index in [0.717, 1.165) is 21.4 Å². The maximum absolute atomic E-state index is 9.04. The van der Waals surface area contributed by atoms with Gasteiger partial charge in [0.05, 0.1) is 24.6 Å². The van der Waals surface area contributed by atoms with Crippen molar-refractivity contribution in [2.75, 3.05) is 0 Å². The van der Waals surface area contributed by atoms with E-state index in [9.17, 15) is 0 Å². The third-order valence-corrected chi connectivity index (χ3v) is 3.43. The van der Waals surface area contributed by atoms with Crippen molar-refractivity contribution in [3.8, 4) is 11.8 Å². The molecule has 4 nitrogen and oxygen atoms in total. The van der Waals surface area contributed by atoms with Crippen LogP contribution in [0.25, 0.3) is 5.69 Å². The van der Waals surface area contributed by atoms with Gasteiger partial charge < -0.3 is 4.74 Å². The minimum absolute atomic E-state index is 0.452. The number of hydrogen-bond acceptors (Lipinski definition) is 3.